The lowest BCUT2D eigenvalue weighted by molar-refractivity contribution is -0.121. The van der Waals surface area contributed by atoms with Gasteiger partial charge in [-0.1, -0.05) is 17.3 Å². The molecule has 1 amide bonds. The van der Waals surface area contributed by atoms with Crippen LogP contribution in [0.1, 0.15) is 35.4 Å². The second-order valence-corrected chi connectivity index (χ2v) is 6.97. The number of carbonyl (C=O) groups excluding carboxylic acids is 1. The molecule has 1 N–H and O–H groups in total. The molecule has 0 fully saturated rings. The number of amides is 1. The summed E-state index contributed by atoms with van der Waals surface area (Å²) < 4.78 is 14.8. The molecule has 1 aliphatic heterocycles. The van der Waals surface area contributed by atoms with Crippen molar-refractivity contribution in [1.82, 2.24) is 15.1 Å². The van der Waals surface area contributed by atoms with Crippen molar-refractivity contribution < 1.29 is 14.0 Å². The van der Waals surface area contributed by atoms with Gasteiger partial charge in [-0.05, 0) is 43.5 Å². The number of rotatable bonds is 7. The van der Waals surface area contributed by atoms with E-state index in [0.717, 1.165) is 28.2 Å². The maximum Gasteiger partial charge on any atom is 0.220 e. The molecule has 6 nitrogen and oxygen atoms in total. The number of benzene rings is 1. The number of hydrogen-bond acceptors (Lipinski definition) is 4. The summed E-state index contributed by atoms with van der Waals surface area (Å²) in [4.78, 5) is 17.5. The van der Waals surface area contributed by atoms with Crippen molar-refractivity contribution in [3.63, 3.8) is 0 Å². The third-order valence-corrected chi connectivity index (χ3v) is 4.90. The number of hydrogen-bond donors (Lipinski definition) is 1. The standard InChI is InChI=1S/C20H25FN4O2/c1-13-19(14(2)25(3)23-13)8-9-20(26)22-12-18-11-17(24-27-18)10-15-4-6-16(21)7-5-15/h4-7,18H,8-12H2,1-3H3,(H,22,26)/t18-/m1/s1. The Labute approximate surface area is 158 Å². The van der Waals surface area contributed by atoms with Crippen LogP contribution >= 0.6 is 0 Å². The zero-order chi connectivity index (χ0) is 19.4. The second kappa shape index (κ2) is 8.33. The van der Waals surface area contributed by atoms with E-state index in [1.807, 2.05) is 25.6 Å². The van der Waals surface area contributed by atoms with Crippen LogP contribution in [0.25, 0.3) is 0 Å². The molecule has 0 bridgehead atoms. The molecule has 0 saturated carbocycles. The van der Waals surface area contributed by atoms with Gasteiger partial charge in [0.15, 0.2) is 0 Å². The van der Waals surface area contributed by atoms with Crippen LogP contribution in [0.2, 0.25) is 0 Å². The van der Waals surface area contributed by atoms with Gasteiger partial charge in [0, 0.05) is 32.0 Å². The third-order valence-electron chi connectivity index (χ3n) is 4.90. The Balaban J connectivity index is 1.39. The van der Waals surface area contributed by atoms with Crippen molar-refractivity contribution in [2.24, 2.45) is 12.2 Å². The molecule has 27 heavy (non-hydrogen) atoms. The summed E-state index contributed by atoms with van der Waals surface area (Å²) in [6, 6.07) is 6.37. The normalized spacial score (nSPS) is 16.1. The first kappa shape index (κ1) is 19.1. The lowest BCUT2D eigenvalue weighted by Gasteiger charge is -2.10. The van der Waals surface area contributed by atoms with E-state index in [0.29, 0.717) is 32.2 Å². The number of halogens is 1. The molecule has 0 spiro atoms. The van der Waals surface area contributed by atoms with Crippen molar-refractivity contribution in [3.8, 4) is 0 Å². The molecule has 1 aromatic heterocycles. The molecule has 0 radical (unpaired) electrons. The van der Waals surface area contributed by atoms with Crippen molar-refractivity contribution in [2.45, 2.75) is 45.6 Å². The highest BCUT2D eigenvalue weighted by atomic mass is 19.1. The van der Waals surface area contributed by atoms with Crippen LogP contribution in [0.15, 0.2) is 29.4 Å². The summed E-state index contributed by atoms with van der Waals surface area (Å²) in [5, 5.41) is 11.4. The molecule has 1 atom stereocenters. The van der Waals surface area contributed by atoms with Crippen LogP contribution in [0, 0.1) is 19.7 Å². The minimum absolute atomic E-state index is 0.00626. The van der Waals surface area contributed by atoms with E-state index in [-0.39, 0.29) is 17.8 Å². The molecule has 1 aliphatic rings. The Kier molecular flexibility index (Phi) is 5.88. The van der Waals surface area contributed by atoms with Gasteiger partial charge in [0.25, 0.3) is 0 Å². The molecule has 0 saturated heterocycles. The van der Waals surface area contributed by atoms with E-state index in [1.54, 1.807) is 12.1 Å². The van der Waals surface area contributed by atoms with Gasteiger partial charge in [0.2, 0.25) is 5.91 Å². The molecule has 0 unspecified atom stereocenters. The van der Waals surface area contributed by atoms with Gasteiger partial charge in [-0.3, -0.25) is 9.48 Å². The third kappa shape index (κ3) is 4.93. The molecule has 7 heteroatoms. The Morgan fingerprint density at radius 3 is 2.74 bits per heavy atom. The minimum Gasteiger partial charge on any atom is -0.390 e. The zero-order valence-electron chi connectivity index (χ0n) is 16.0. The van der Waals surface area contributed by atoms with E-state index in [9.17, 15) is 9.18 Å². The minimum atomic E-state index is -0.249. The lowest BCUT2D eigenvalue weighted by Crippen LogP contribution is -2.32. The van der Waals surface area contributed by atoms with E-state index in [2.05, 4.69) is 15.6 Å². The van der Waals surface area contributed by atoms with Crippen molar-refractivity contribution >= 4 is 11.6 Å². The van der Waals surface area contributed by atoms with Crippen LogP contribution in [0.3, 0.4) is 0 Å². The van der Waals surface area contributed by atoms with Crippen LogP contribution in [-0.4, -0.2) is 34.0 Å². The van der Waals surface area contributed by atoms with Gasteiger partial charge < -0.3 is 10.2 Å². The summed E-state index contributed by atoms with van der Waals surface area (Å²) in [7, 11) is 1.91. The van der Waals surface area contributed by atoms with Gasteiger partial charge in [-0.15, -0.1) is 0 Å². The summed E-state index contributed by atoms with van der Waals surface area (Å²) in [6.45, 7) is 4.41. The fourth-order valence-electron chi connectivity index (χ4n) is 3.27. The monoisotopic (exact) mass is 372 g/mol. The maximum absolute atomic E-state index is 13.0. The fourth-order valence-corrected chi connectivity index (χ4v) is 3.27. The predicted molar refractivity (Wildman–Crippen MR) is 101 cm³/mol. The van der Waals surface area contributed by atoms with Crippen LogP contribution in [0.5, 0.6) is 0 Å². The van der Waals surface area contributed by atoms with Crippen LogP contribution in [0.4, 0.5) is 4.39 Å². The highest BCUT2D eigenvalue weighted by molar-refractivity contribution is 5.87. The second-order valence-electron chi connectivity index (χ2n) is 6.97. The van der Waals surface area contributed by atoms with Gasteiger partial charge in [0.1, 0.15) is 11.9 Å². The number of nitrogens with zero attached hydrogens (tertiary/aromatic N) is 3. The molecular formula is C20H25FN4O2. The average Bonchev–Trinajstić information content (AvgIpc) is 3.18. The summed E-state index contributed by atoms with van der Waals surface area (Å²) >= 11 is 0. The molecule has 2 heterocycles. The van der Waals surface area contributed by atoms with Crippen molar-refractivity contribution in [2.75, 3.05) is 6.54 Å². The predicted octanol–water partition coefficient (Wildman–Crippen LogP) is 2.61. The number of carbonyl (C=O) groups is 1. The Bertz CT molecular complexity index is 842. The first-order valence-electron chi connectivity index (χ1n) is 9.14. The largest absolute Gasteiger partial charge is 0.390 e. The highest BCUT2D eigenvalue weighted by Gasteiger charge is 2.22. The van der Waals surface area contributed by atoms with Gasteiger partial charge in [-0.25, -0.2) is 4.39 Å². The van der Waals surface area contributed by atoms with Gasteiger partial charge in [0.05, 0.1) is 18.0 Å². The lowest BCUT2D eigenvalue weighted by atomic mass is 10.0. The summed E-state index contributed by atoms with van der Waals surface area (Å²) in [6.07, 6.45) is 2.24. The first-order valence-corrected chi connectivity index (χ1v) is 9.14. The summed E-state index contributed by atoms with van der Waals surface area (Å²) in [5.41, 5.74) is 5.10. The average molecular weight is 372 g/mol. The Morgan fingerprint density at radius 1 is 1.33 bits per heavy atom. The van der Waals surface area contributed by atoms with E-state index in [4.69, 9.17) is 4.84 Å². The first-order chi connectivity index (χ1) is 12.9. The zero-order valence-corrected chi connectivity index (χ0v) is 16.0. The van der Waals surface area contributed by atoms with Crippen LogP contribution in [-0.2, 0) is 29.5 Å². The fraction of sp³-hybridized carbons (Fsp3) is 0.450. The highest BCUT2D eigenvalue weighted by Crippen LogP contribution is 2.16. The van der Waals surface area contributed by atoms with Gasteiger partial charge in [-0.2, -0.15) is 5.10 Å². The van der Waals surface area contributed by atoms with E-state index >= 15 is 0 Å². The van der Waals surface area contributed by atoms with E-state index < -0.39 is 0 Å². The van der Waals surface area contributed by atoms with E-state index in [1.165, 1.54) is 12.1 Å². The molecule has 3 rings (SSSR count). The maximum atomic E-state index is 13.0. The molecule has 2 aromatic rings. The Hall–Kier alpha value is -2.70. The Morgan fingerprint density at radius 2 is 2.07 bits per heavy atom. The number of nitrogens with one attached hydrogen (secondary N) is 1. The van der Waals surface area contributed by atoms with Crippen molar-refractivity contribution in [1.29, 1.82) is 0 Å². The molecule has 144 valence electrons. The SMILES string of the molecule is Cc1nn(C)c(C)c1CCC(=O)NC[C@H]1CC(Cc2ccc(F)cc2)=NO1. The van der Waals surface area contributed by atoms with Gasteiger partial charge >= 0.3 is 0 Å². The van der Waals surface area contributed by atoms with Crippen LogP contribution < -0.4 is 5.32 Å². The van der Waals surface area contributed by atoms with Crippen molar-refractivity contribution in [3.05, 3.63) is 52.6 Å². The summed E-state index contributed by atoms with van der Waals surface area (Å²) in [5.74, 6) is -0.256. The smallest absolute Gasteiger partial charge is 0.220 e. The molecule has 1 aromatic carbocycles. The number of aromatic nitrogens is 2. The molecular weight excluding hydrogens is 347 g/mol. The molecule has 0 aliphatic carbocycles. The number of oxime groups is 1. The quantitative estimate of drug-likeness (QED) is 0.812. The topological polar surface area (TPSA) is 68.5 Å². The number of aryl methyl sites for hydroxylation is 2.